The molecule has 2 nitrogen and oxygen atoms in total. The smallest absolute Gasteiger partial charge is 0.126 e. The fourth-order valence-electron chi connectivity index (χ4n) is 1.41. The summed E-state index contributed by atoms with van der Waals surface area (Å²) >= 11 is 5.24. The number of hydrogen-bond donors (Lipinski definition) is 1. The van der Waals surface area contributed by atoms with E-state index in [9.17, 15) is 0 Å². The van der Waals surface area contributed by atoms with Crippen LogP contribution in [0.1, 0.15) is 16.0 Å². The molecule has 0 aromatic carbocycles. The molecule has 0 atom stereocenters. The van der Waals surface area contributed by atoms with Crippen LogP contribution in [0.25, 0.3) is 0 Å². The lowest BCUT2D eigenvalue weighted by Crippen LogP contribution is -1.98. The van der Waals surface area contributed by atoms with Crippen LogP contribution >= 0.6 is 27.3 Å². The van der Waals surface area contributed by atoms with Gasteiger partial charge < -0.3 is 5.73 Å². The summed E-state index contributed by atoms with van der Waals surface area (Å²) in [6, 6.07) is 4.15. The van der Waals surface area contributed by atoms with E-state index >= 15 is 0 Å². The van der Waals surface area contributed by atoms with Gasteiger partial charge in [0.25, 0.3) is 0 Å². The van der Waals surface area contributed by atoms with Crippen molar-refractivity contribution < 1.29 is 0 Å². The van der Waals surface area contributed by atoms with Crippen molar-refractivity contribution in [2.75, 3.05) is 5.73 Å². The number of nitrogens with two attached hydrogens (primary N) is 1. The van der Waals surface area contributed by atoms with E-state index in [4.69, 9.17) is 5.73 Å². The first-order valence-electron chi connectivity index (χ1n) is 4.59. The number of anilines is 1. The van der Waals surface area contributed by atoms with Crippen LogP contribution in [0, 0.1) is 6.92 Å². The van der Waals surface area contributed by atoms with Gasteiger partial charge in [-0.2, -0.15) is 0 Å². The van der Waals surface area contributed by atoms with E-state index in [1.165, 1.54) is 4.88 Å². The molecule has 2 aromatic rings. The Hall–Kier alpha value is -0.870. The van der Waals surface area contributed by atoms with Crippen molar-refractivity contribution in [2.24, 2.45) is 0 Å². The van der Waals surface area contributed by atoms with Crippen molar-refractivity contribution in [2.45, 2.75) is 13.3 Å². The summed E-state index contributed by atoms with van der Waals surface area (Å²) in [6.45, 7) is 2.03. The lowest BCUT2D eigenvalue weighted by molar-refractivity contribution is 1.15. The van der Waals surface area contributed by atoms with Gasteiger partial charge in [0.05, 0.1) is 0 Å². The Morgan fingerprint density at radius 2 is 2.33 bits per heavy atom. The highest BCUT2D eigenvalue weighted by molar-refractivity contribution is 9.10. The molecule has 0 aliphatic carbocycles. The van der Waals surface area contributed by atoms with Crippen molar-refractivity contribution in [3.63, 3.8) is 0 Å². The first-order chi connectivity index (χ1) is 7.16. The van der Waals surface area contributed by atoms with Gasteiger partial charge in [-0.1, -0.05) is 6.07 Å². The maximum atomic E-state index is 5.83. The minimum absolute atomic E-state index is 0.626. The maximum Gasteiger partial charge on any atom is 0.126 e. The zero-order valence-electron chi connectivity index (χ0n) is 8.33. The van der Waals surface area contributed by atoms with Gasteiger partial charge in [-0.3, -0.25) is 0 Å². The predicted octanol–water partition coefficient (Wildman–Crippen LogP) is 3.39. The SMILES string of the molecule is Cc1cnc(N)c(Cc2sccc2Br)c1. The van der Waals surface area contributed by atoms with Crippen LogP contribution in [0.3, 0.4) is 0 Å². The molecule has 0 fully saturated rings. The Bertz CT molecular complexity index is 479. The van der Waals surface area contributed by atoms with Crippen LogP contribution in [0.15, 0.2) is 28.2 Å². The molecule has 0 bridgehead atoms. The standard InChI is InChI=1S/C11H11BrN2S/c1-7-4-8(11(13)14-6-7)5-10-9(12)2-3-15-10/h2-4,6H,5H2,1H3,(H2,13,14). The number of rotatable bonds is 2. The molecule has 2 heterocycles. The van der Waals surface area contributed by atoms with E-state index in [1.54, 1.807) is 17.5 Å². The Labute approximate surface area is 101 Å². The molecule has 0 aliphatic rings. The number of halogens is 1. The quantitative estimate of drug-likeness (QED) is 0.917. The third-order valence-corrected chi connectivity index (χ3v) is 4.11. The van der Waals surface area contributed by atoms with Gasteiger partial charge in [-0.25, -0.2) is 4.98 Å². The molecule has 0 unspecified atom stereocenters. The van der Waals surface area contributed by atoms with Crippen molar-refractivity contribution in [3.8, 4) is 0 Å². The third kappa shape index (κ3) is 2.38. The summed E-state index contributed by atoms with van der Waals surface area (Å²) in [4.78, 5) is 5.44. The highest BCUT2D eigenvalue weighted by atomic mass is 79.9. The highest BCUT2D eigenvalue weighted by Gasteiger charge is 2.06. The molecule has 78 valence electrons. The number of nitrogen functional groups attached to an aromatic ring is 1. The van der Waals surface area contributed by atoms with Gasteiger partial charge >= 0.3 is 0 Å². The summed E-state index contributed by atoms with van der Waals surface area (Å²) in [6.07, 6.45) is 2.64. The molecule has 15 heavy (non-hydrogen) atoms. The summed E-state index contributed by atoms with van der Waals surface area (Å²) in [7, 11) is 0. The van der Waals surface area contributed by atoms with Gasteiger partial charge in [0.1, 0.15) is 5.82 Å². The lowest BCUT2D eigenvalue weighted by Gasteiger charge is -2.04. The average molecular weight is 283 g/mol. The van der Waals surface area contributed by atoms with Crippen molar-refractivity contribution in [1.29, 1.82) is 0 Å². The predicted molar refractivity (Wildman–Crippen MR) is 68.2 cm³/mol. The average Bonchev–Trinajstić information content (AvgIpc) is 2.58. The highest BCUT2D eigenvalue weighted by Crippen LogP contribution is 2.26. The molecule has 0 aliphatic heterocycles. The molecule has 4 heteroatoms. The van der Waals surface area contributed by atoms with Gasteiger partial charge in [-0.05, 0) is 45.4 Å². The second-order valence-corrected chi connectivity index (χ2v) is 5.28. The van der Waals surface area contributed by atoms with Gasteiger partial charge in [0.2, 0.25) is 0 Å². The zero-order valence-corrected chi connectivity index (χ0v) is 10.7. The molecule has 2 N–H and O–H groups in total. The normalized spacial score (nSPS) is 10.5. The van der Waals surface area contributed by atoms with Gasteiger partial charge in [-0.15, -0.1) is 11.3 Å². The van der Waals surface area contributed by atoms with Crippen molar-refractivity contribution >= 4 is 33.1 Å². The fraction of sp³-hybridized carbons (Fsp3) is 0.182. The molecule has 0 spiro atoms. The lowest BCUT2D eigenvalue weighted by atomic mass is 10.1. The van der Waals surface area contributed by atoms with Crippen LogP contribution in [-0.4, -0.2) is 4.98 Å². The van der Waals surface area contributed by atoms with E-state index in [1.807, 2.05) is 6.92 Å². The fourth-order valence-corrected chi connectivity index (χ4v) is 2.92. The Morgan fingerprint density at radius 3 is 3.00 bits per heavy atom. The van der Waals surface area contributed by atoms with E-state index < -0.39 is 0 Å². The minimum Gasteiger partial charge on any atom is -0.383 e. The number of hydrogen-bond acceptors (Lipinski definition) is 3. The first-order valence-corrected chi connectivity index (χ1v) is 6.27. The summed E-state index contributed by atoms with van der Waals surface area (Å²) in [5.41, 5.74) is 8.08. The number of aromatic nitrogens is 1. The number of aryl methyl sites for hydroxylation is 1. The molecule has 0 saturated heterocycles. The van der Waals surface area contributed by atoms with Crippen LogP contribution in [0.4, 0.5) is 5.82 Å². The second kappa shape index (κ2) is 4.33. The third-order valence-electron chi connectivity index (χ3n) is 2.18. The Morgan fingerprint density at radius 1 is 1.53 bits per heavy atom. The molecule has 0 amide bonds. The zero-order chi connectivity index (χ0) is 10.8. The molecule has 2 rings (SSSR count). The van der Waals surface area contributed by atoms with E-state index in [0.29, 0.717) is 5.82 Å². The number of pyridine rings is 1. The van der Waals surface area contributed by atoms with E-state index in [2.05, 4.69) is 38.4 Å². The minimum atomic E-state index is 0.626. The van der Waals surface area contributed by atoms with Crippen LogP contribution in [0.5, 0.6) is 0 Å². The first kappa shape index (κ1) is 10.6. The molecular formula is C11H11BrN2S. The van der Waals surface area contributed by atoms with Crippen molar-refractivity contribution in [1.82, 2.24) is 4.98 Å². The maximum absolute atomic E-state index is 5.83. The summed E-state index contributed by atoms with van der Waals surface area (Å²) in [5, 5.41) is 2.07. The summed E-state index contributed by atoms with van der Waals surface area (Å²) in [5.74, 6) is 0.626. The molecule has 0 radical (unpaired) electrons. The topological polar surface area (TPSA) is 38.9 Å². The molecular weight excluding hydrogens is 272 g/mol. The van der Waals surface area contributed by atoms with Gasteiger partial charge in [0, 0.05) is 22.0 Å². The number of nitrogens with zero attached hydrogens (tertiary/aromatic N) is 1. The molecule has 2 aromatic heterocycles. The monoisotopic (exact) mass is 282 g/mol. The van der Waals surface area contributed by atoms with Crippen LogP contribution in [-0.2, 0) is 6.42 Å². The second-order valence-electron chi connectivity index (χ2n) is 3.43. The Kier molecular flexibility index (Phi) is 3.07. The van der Waals surface area contributed by atoms with E-state index in [-0.39, 0.29) is 0 Å². The van der Waals surface area contributed by atoms with E-state index in [0.717, 1.165) is 22.0 Å². The number of thiophene rings is 1. The van der Waals surface area contributed by atoms with Crippen molar-refractivity contribution in [3.05, 3.63) is 44.2 Å². The van der Waals surface area contributed by atoms with Crippen LogP contribution < -0.4 is 5.73 Å². The van der Waals surface area contributed by atoms with Gasteiger partial charge in [0.15, 0.2) is 0 Å². The van der Waals surface area contributed by atoms with Crippen LogP contribution in [0.2, 0.25) is 0 Å². The largest absolute Gasteiger partial charge is 0.383 e. The summed E-state index contributed by atoms with van der Waals surface area (Å²) < 4.78 is 1.15. The Balaban J connectivity index is 2.32. The molecule has 0 saturated carbocycles.